The molecule has 110 valence electrons. The van der Waals surface area contributed by atoms with E-state index >= 15 is 0 Å². The number of hydrogen-bond donors (Lipinski definition) is 1. The highest BCUT2D eigenvalue weighted by molar-refractivity contribution is 9.10. The van der Waals surface area contributed by atoms with E-state index in [1.54, 1.807) is 0 Å². The minimum atomic E-state index is 0.360. The second-order valence-corrected chi connectivity index (χ2v) is 7.66. The molecule has 0 spiro atoms. The Kier molecular flexibility index (Phi) is 7.58. The van der Waals surface area contributed by atoms with Gasteiger partial charge in [-0.15, -0.1) is 11.3 Å². The van der Waals surface area contributed by atoms with E-state index < -0.39 is 0 Å². The van der Waals surface area contributed by atoms with Gasteiger partial charge in [0.2, 0.25) is 0 Å². The van der Waals surface area contributed by atoms with Crippen molar-refractivity contribution >= 4 is 27.3 Å². The number of rotatable bonds is 9. The summed E-state index contributed by atoms with van der Waals surface area (Å²) in [6.45, 7) is 11.3. The Balaban J connectivity index is 2.45. The van der Waals surface area contributed by atoms with Crippen LogP contribution in [0.3, 0.4) is 0 Å². The molecule has 0 saturated heterocycles. The lowest BCUT2D eigenvalue weighted by Gasteiger charge is -2.33. The van der Waals surface area contributed by atoms with E-state index in [0.29, 0.717) is 5.41 Å². The maximum Gasteiger partial charge on any atom is 0.0325 e. The van der Waals surface area contributed by atoms with Crippen LogP contribution in [-0.4, -0.2) is 31.6 Å². The largest absolute Gasteiger partial charge is 0.316 e. The molecule has 0 aliphatic heterocycles. The molecule has 1 rings (SSSR count). The summed E-state index contributed by atoms with van der Waals surface area (Å²) in [4.78, 5) is 3.87. The first-order valence-electron chi connectivity index (χ1n) is 7.11. The zero-order chi connectivity index (χ0) is 14.3. The van der Waals surface area contributed by atoms with Gasteiger partial charge < -0.3 is 10.2 Å². The molecule has 1 unspecified atom stereocenters. The topological polar surface area (TPSA) is 15.3 Å². The molecule has 1 aromatic heterocycles. The van der Waals surface area contributed by atoms with Gasteiger partial charge in [-0.3, -0.25) is 0 Å². The van der Waals surface area contributed by atoms with Crippen LogP contribution in [-0.2, 0) is 6.54 Å². The second-order valence-electron chi connectivity index (χ2n) is 5.74. The Morgan fingerprint density at radius 3 is 2.68 bits per heavy atom. The highest BCUT2D eigenvalue weighted by Crippen LogP contribution is 2.24. The molecule has 19 heavy (non-hydrogen) atoms. The van der Waals surface area contributed by atoms with Gasteiger partial charge in [-0.1, -0.05) is 20.8 Å². The highest BCUT2D eigenvalue weighted by atomic mass is 79.9. The first kappa shape index (κ1) is 17.2. The summed E-state index contributed by atoms with van der Waals surface area (Å²) in [5, 5.41) is 5.73. The Labute approximate surface area is 130 Å². The molecule has 1 atom stereocenters. The van der Waals surface area contributed by atoms with Crippen molar-refractivity contribution in [1.82, 2.24) is 10.2 Å². The van der Waals surface area contributed by atoms with E-state index in [1.165, 1.54) is 22.2 Å². The van der Waals surface area contributed by atoms with Crippen molar-refractivity contribution in [2.75, 3.05) is 26.7 Å². The van der Waals surface area contributed by atoms with Crippen molar-refractivity contribution in [2.45, 2.75) is 40.2 Å². The number of thiophene rings is 1. The van der Waals surface area contributed by atoms with Crippen molar-refractivity contribution in [2.24, 2.45) is 5.41 Å². The minimum absolute atomic E-state index is 0.360. The standard InChI is InChI=1S/C15H27BrN2S/c1-5-7-17-11-15(3,6-2)12-18(4)9-14-8-13(16)10-19-14/h8,10,17H,5-7,9,11-12H2,1-4H3. The van der Waals surface area contributed by atoms with Gasteiger partial charge in [-0.25, -0.2) is 0 Å². The van der Waals surface area contributed by atoms with Crippen LogP contribution in [0.5, 0.6) is 0 Å². The third kappa shape index (κ3) is 6.39. The third-order valence-corrected chi connectivity index (χ3v) is 5.21. The maximum atomic E-state index is 3.57. The van der Waals surface area contributed by atoms with Crippen LogP contribution < -0.4 is 5.32 Å². The van der Waals surface area contributed by atoms with Crippen LogP contribution in [0.4, 0.5) is 0 Å². The van der Waals surface area contributed by atoms with Gasteiger partial charge in [-0.05, 0) is 53.8 Å². The molecule has 0 aliphatic rings. The van der Waals surface area contributed by atoms with Crippen LogP contribution in [0.1, 0.15) is 38.5 Å². The van der Waals surface area contributed by atoms with Crippen LogP contribution in [0.25, 0.3) is 0 Å². The first-order chi connectivity index (χ1) is 8.99. The monoisotopic (exact) mass is 346 g/mol. The summed E-state index contributed by atoms with van der Waals surface area (Å²) in [5.74, 6) is 0. The maximum absolute atomic E-state index is 3.57. The third-order valence-electron chi connectivity index (χ3n) is 3.53. The van der Waals surface area contributed by atoms with Gasteiger partial charge in [-0.2, -0.15) is 0 Å². The number of hydrogen-bond acceptors (Lipinski definition) is 3. The van der Waals surface area contributed by atoms with Crippen LogP contribution in [0.2, 0.25) is 0 Å². The Bertz CT molecular complexity index is 367. The number of halogens is 1. The molecular formula is C15H27BrN2S. The Morgan fingerprint density at radius 2 is 2.16 bits per heavy atom. The molecule has 0 bridgehead atoms. The van der Waals surface area contributed by atoms with Gasteiger partial charge in [0.25, 0.3) is 0 Å². The van der Waals surface area contributed by atoms with Crippen LogP contribution in [0, 0.1) is 5.41 Å². The Morgan fingerprint density at radius 1 is 1.42 bits per heavy atom. The van der Waals surface area contributed by atoms with Gasteiger partial charge in [0.15, 0.2) is 0 Å². The summed E-state index contributed by atoms with van der Waals surface area (Å²) in [5.41, 5.74) is 0.360. The van der Waals surface area contributed by atoms with Crippen molar-refractivity contribution < 1.29 is 0 Å². The van der Waals surface area contributed by atoms with Crippen molar-refractivity contribution in [3.63, 3.8) is 0 Å². The zero-order valence-electron chi connectivity index (χ0n) is 12.6. The minimum Gasteiger partial charge on any atom is -0.316 e. The molecule has 1 N–H and O–H groups in total. The quantitative estimate of drug-likeness (QED) is 0.668. The van der Waals surface area contributed by atoms with Crippen molar-refractivity contribution in [3.05, 3.63) is 20.8 Å². The van der Waals surface area contributed by atoms with Gasteiger partial charge in [0, 0.05) is 34.4 Å². The number of nitrogens with one attached hydrogen (secondary N) is 1. The van der Waals surface area contributed by atoms with Gasteiger partial charge in [0.1, 0.15) is 0 Å². The van der Waals surface area contributed by atoms with E-state index in [1.807, 2.05) is 11.3 Å². The van der Waals surface area contributed by atoms with Gasteiger partial charge >= 0.3 is 0 Å². The van der Waals surface area contributed by atoms with Crippen LogP contribution >= 0.6 is 27.3 Å². The zero-order valence-corrected chi connectivity index (χ0v) is 15.0. The molecule has 0 saturated carbocycles. The Hall–Kier alpha value is 0.1000. The second kappa shape index (κ2) is 8.40. The molecule has 1 aromatic rings. The predicted molar refractivity (Wildman–Crippen MR) is 89.9 cm³/mol. The van der Waals surface area contributed by atoms with Crippen molar-refractivity contribution in [1.29, 1.82) is 0 Å². The molecule has 1 heterocycles. The predicted octanol–water partition coefficient (Wildman–Crippen LogP) is 4.36. The fourth-order valence-corrected chi connectivity index (χ4v) is 3.80. The summed E-state index contributed by atoms with van der Waals surface area (Å²) >= 11 is 5.35. The molecule has 0 radical (unpaired) electrons. The smallest absolute Gasteiger partial charge is 0.0325 e. The summed E-state index contributed by atoms with van der Waals surface area (Å²) < 4.78 is 1.20. The molecule has 0 fully saturated rings. The van der Waals surface area contributed by atoms with E-state index in [2.05, 4.69) is 65.4 Å². The normalized spacial score (nSPS) is 14.8. The van der Waals surface area contributed by atoms with E-state index in [-0.39, 0.29) is 0 Å². The summed E-state index contributed by atoms with van der Waals surface area (Å²) in [6, 6.07) is 2.22. The fourth-order valence-electron chi connectivity index (χ4n) is 2.27. The average Bonchev–Trinajstić information content (AvgIpc) is 2.74. The molecule has 0 aromatic carbocycles. The molecule has 0 aliphatic carbocycles. The molecule has 2 nitrogen and oxygen atoms in total. The number of nitrogens with zero attached hydrogens (tertiary/aromatic N) is 1. The van der Waals surface area contributed by atoms with E-state index in [0.717, 1.165) is 26.2 Å². The summed E-state index contributed by atoms with van der Waals surface area (Å²) in [6.07, 6.45) is 2.42. The van der Waals surface area contributed by atoms with E-state index in [4.69, 9.17) is 0 Å². The SMILES string of the molecule is CCCNCC(C)(CC)CN(C)Cc1cc(Br)cs1. The lowest BCUT2D eigenvalue weighted by molar-refractivity contribution is 0.176. The summed E-state index contributed by atoms with van der Waals surface area (Å²) in [7, 11) is 2.22. The van der Waals surface area contributed by atoms with E-state index in [9.17, 15) is 0 Å². The fraction of sp³-hybridized carbons (Fsp3) is 0.733. The lowest BCUT2D eigenvalue weighted by atomic mass is 9.87. The van der Waals surface area contributed by atoms with Gasteiger partial charge in [0.05, 0.1) is 0 Å². The molecule has 0 amide bonds. The molecular weight excluding hydrogens is 320 g/mol. The first-order valence-corrected chi connectivity index (χ1v) is 8.78. The lowest BCUT2D eigenvalue weighted by Crippen LogP contribution is -2.40. The molecule has 4 heteroatoms. The van der Waals surface area contributed by atoms with Crippen molar-refractivity contribution in [3.8, 4) is 0 Å². The van der Waals surface area contributed by atoms with Crippen LogP contribution in [0.15, 0.2) is 15.9 Å². The highest BCUT2D eigenvalue weighted by Gasteiger charge is 2.23. The average molecular weight is 347 g/mol.